The molecule has 0 N–H and O–H groups in total. The molecule has 0 spiro atoms. The van der Waals surface area contributed by atoms with E-state index in [9.17, 15) is 0 Å². The van der Waals surface area contributed by atoms with Gasteiger partial charge in [0.05, 0.1) is 16.2 Å². The zero-order valence-corrected chi connectivity index (χ0v) is 11.8. The maximum atomic E-state index is 9.11. The molecule has 21 heavy (non-hydrogen) atoms. The molecule has 3 rings (SSSR count). The molecular weight excluding hydrogens is 284 g/mol. The van der Waals surface area contributed by atoms with Gasteiger partial charge in [-0.2, -0.15) is 5.26 Å². The van der Waals surface area contributed by atoms with E-state index in [1.54, 1.807) is 18.2 Å². The Bertz CT molecular complexity index is 840. The number of nitrogens with zero attached hydrogens (tertiary/aromatic N) is 2. The van der Waals surface area contributed by atoms with Crippen molar-refractivity contribution in [1.29, 1.82) is 5.26 Å². The Hall–Kier alpha value is -2.57. The molecule has 0 amide bonds. The summed E-state index contributed by atoms with van der Waals surface area (Å²) in [6.07, 6.45) is 0. The number of pyridine rings is 1. The molecule has 1 aromatic heterocycles. The van der Waals surface area contributed by atoms with Crippen molar-refractivity contribution in [2.24, 2.45) is 0 Å². The second-order valence-electron chi connectivity index (χ2n) is 4.51. The van der Waals surface area contributed by atoms with Gasteiger partial charge in [-0.25, -0.2) is 4.98 Å². The van der Waals surface area contributed by atoms with Crippen LogP contribution in [0.15, 0.2) is 54.6 Å². The van der Waals surface area contributed by atoms with E-state index in [0.717, 1.165) is 16.6 Å². The van der Waals surface area contributed by atoms with E-state index in [-0.39, 0.29) is 0 Å². The lowest BCUT2D eigenvalue weighted by molar-refractivity contribution is 0.301. The minimum absolute atomic E-state index is 0.292. The van der Waals surface area contributed by atoms with Crippen LogP contribution in [0.3, 0.4) is 0 Å². The predicted molar refractivity (Wildman–Crippen MR) is 82.2 cm³/mol. The standard InChI is InChI=1S/C17H11ClN2O/c18-15-5-3-7-17(14(15)10-19)21-11-13-9-8-12-4-1-2-6-16(12)20-13/h1-9H,11H2. The number of benzene rings is 2. The average molecular weight is 295 g/mol. The molecule has 0 unspecified atom stereocenters. The number of rotatable bonds is 3. The molecule has 3 nitrogen and oxygen atoms in total. The number of aromatic nitrogens is 1. The third-order valence-electron chi connectivity index (χ3n) is 3.12. The fourth-order valence-electron chi connectivity index (χ4n) is 2.07. The molecule has 0 aliphatic rings. The van der Waals surface area contributed by atoms with Gasteiger partial charge in [0, 0.05) is 5.39 Å². The molecule has 102 valence electrons. The summed E-state index contributed by atoms with van der Waals surface area (Å²) in [7, 11) is 0. The summed E-state index contributed by atoms with van der Waals surface area (Å²) in [5.74, 6) is 0.472. The van der Waals surface area contributed by atoms with Crippen LogP contribution in [0, 0.1) is 11.3 Å². The molecule has 3 aromatic rings. The van der Waals surface area contributed by atoms with Crippen LogP contribution < -0.4 is 4.74 Å². The lowest BCUT2D eigenvalue weighted by Crippen LogP contribution is -2.00. The minimum Gasteiger partial charge on any atom is -0.486 e. The topological polar surface area (TPSA) is 45.9 Å². The molecule has 4 heteroatoms. The number of para-hydroxylation sites is 1. The Morgan fingerprint density at radius 1 is 1.05 bits per heavy atom. The first-order valence-electron chi connectivity index (χ1n) is 6.44. The summed E-state index contributed by atoms with van der Waals surface area (Å²) in [5, 5.41) is 10.6. The van der Waals surface area contributed by atoms with Crippen molar-refractivity contribution in [3.8, 4) is 11.8 Å². The largest absolute Gasteiger partial charge is 0.486 e. The second-order valence-corrected chi connectivity index (χ2v) is 4.92. The summed E-state index contributed by atoms with van der Waals surface area (Å²) in [6.45, 7) is 0.292. The average Bonchev–Trinajstić information content (AvgIpc) is 2.52. The minimum atomic E-state index is 0.292. The van der Waals surface area contributed by atoms with Gasteiger partial charge < -0.3 is 4.74 Å². The lowest BCUT2D eigenvalue weighted by atomic mass is 10.2. The number of halogens is 1. The van der Waals surface area contributed by atoms with Crippen LogP contribution in [-0.2, 0) is 6.61 Å². The molecule has 0 bridgehead atoms. The molecule has 0 saturated heterocycles. The van der Waals surface area contributed by atoms with E-state index in [1.807, 2.05) is 36.4 Å². The fourth-order valence-corrected chi connectivity index (χ4v) is 2.28. The molecule has 0 saturated carbocycles. The summed E-state index contributed by atoms with van der Waals surface area (Å²) < 4.78 is 5.67. The smallest absolute Gasteiger partial charge is 0.139 e. The van der Waals surface area contributed by atoms with Crippen LogP contribution in [0.25, 0.3) is 10.9 Å². The van der Waals surface area contributed by atoms with Gasteiger partial charge in [0.1, 0.15) is 24.0 Å². The Morgan fingerprint density at radius 3 is 2.76 bits per heavy atom. The first kappa shape index (κ1) is 13.4. The zero-order chi connectivity index (χ0) is 14.7. The monoisotopic (exact) mass is 294 g/mol. The molecule has 0 atom stereocenters. The molecule has 0 fully saturated rings. The fraction of sp³-hybridized carbons (Fsp3) is 0.0588. The second kappa shape index (κ2) is 5.82. The van der Waals surface area contributed by atoms with Crippen LogP contribution in [0.5, 0.6) is 5.75 Å². The first-order chi connectivity index (χ1) is 10.3. The van der Waals surface area contributed by atoms with Crippen molar-refractivity contribution in [2.45, 2.75) is 6.61 Å². The Labute approximate surface area is 127 Å². The Balaban J connectivity index is 1.84. The van der Waals surface area contributed by atoms with Gasteiger partial charge in [-0.15, -0.1) is 0 Å². The quantitative estimate of drug-likeness (QED) is 0.722. The number of ether oxygens (including phenoxy) is 1. The number of hydrogen-bond acceptors (Lipinski definition) is 3. The Morgan fingerprint density at radius 2 is 1.90 bits per heavy atom. The Kier molecular flexibility index (Phi) is 3.72. The molecule has 0 radical (unpaired) electrons. The highest BCUT2D eigenvalue weighted by Gasteiger charge is 2.08. The number of fused-ring (bicyclic) bond motifs is 1. The highest BCUT2D eigenvalue weighted by atomic mass is 35.5. The van der Waals surface area contributed by atoms with Crippen molar-refractivity contribution >= 4 is 22.5 Å². The van der Waals surface area contributed by atoms with E-state index in [0.29, 0.717) is 22.9 Å². The number of hydrogen-bond donors (Lipinski definition) is 0. The highest BCUT2D eigenvalue weighted by molar-refractivity contribution is 6.31. The lowest BCUT2D eigenvalue weighted by Gasteiger charge is -2.08. The summed E-state index contributed by atoms with van der Waals surface area (Å²) in [5.41, 5.74) is 2.07. The van der Waals surface area contributed by atoms with Gasteiger partial charge in [-0.3, -0.25) is 0 Å². The highest BCUT2D eigenvalue weighted by Crippen LogP contribution is 2.26. The maximum absolute atomic E-state index is 9.11. The van der Waals surface area contributed by atoms with Crippen LogP contribution in [0.2, 0.25) is 5.02 Å². The van der Waals surface area contributed by atoms with Crippen molar-refractivity contribution in [1.82, 2.24) is 4.98 Å². The van der Waals surface area contributed by atoms with Gasteiger partial charge in [0.25, 0.3) is 0 Å². The summed E-state index contributed by atoms with van der Waals surface area (Å²) in [4.78, 5) is 4.53. The van der Waals surface area contributed by atoms with Gasteiger partial charge in [-0.1, -0.05) is 41.9 Å². The first-order valence-corrected chi connectivity index (χ1v) is 6.82. The van der Waals surface area contributed by atoms with E-state index in [2.05, 4.69) is 11.1 Å². The van der Waals surface area contributed by atoms with Crippen molar-refractivity contribution in [3.63, 3.8) is 0 Å². The third-order valence-corrected chi connectivity index (χ3v) is 3.43. The molecule has 0 aliphatic heterocycles. The van der Waals surface area contributed by atoms with Crippen molar-refractivity contribution in [2.75, 3.05) is 0 Å². The summed E-state index contributed by atoms with van der Waals surface area (Å²) >= 11 is 5.97. The van der Waals surface area contributed by atoms with Gasteiger partial charge in [0.2, 0.25) is 0 Å². The SMILES string of the molecule is N#Cc1c(Cl)cccc1OCc1ccc2ccccc2n1. The van der Waals surface area contributed by atoms with Gasteiger partial charge in [0.15, 0.2) is 0 Å². The van der Waals surface area contributed by atoms with E-state index >= 15 is 0 Å². The van der Waals surface area contributed by atoms with E-state index in [4.69, 9.17) is 21.6 Å². The van der Waals surface area contributed by atoms with E-state index < -0.39 is 0 Å². The van der Waals surface area contributed by atoms with Crippen LogP contribution in [-0.4, -0.2) is 4.98 Å². The van der Waals surface area contributed by atoms with Crippen LogP contribution in [0.1, 0.15) is 11.3 Å². The molecule has 2 aromatic carbocycles. The van der Waals surface area contributed by atoms with Crippen molar-refractivity contribution in [3.05, 3.63) is 70.9 Å². The van der Waals surface area contributed by atoms with Gasteiger partial charge in [-0.05, 0) is 24.3 Å². The number of nitriles is 1. The predicted octanol–water partition coefficient (Wildman–Crippen LogP) is 4.34. The maximum Gasteiger partial charge on any atom is 0.139 e. The van der Waals surface area contributed by atoms with Crippen molar-refractivity contribution < 1.29 is 4.74 Å². The molecule has 0 aliphatic carbocycles. The molecular formula is C17H11ClN2O. The normalized spacial score (nSPS) is 10.3. The van der Waals surface area contributed by atoms with Gasteiger partial charge >= 0.3 is 0 Å². The molecule has 1 heterocycles. The van der Waals surface area contributed by atoms with Crippen LogP contribution in [0.4, 0.5) is 0 Å². The van der Waals surface area contributed by atoms with Crippen LogP contribution >= 0.6 is 11.6 Å². The zero-order valence-electron chi connectivity index (χ0n) is 11.1. The summed E-state index contributed by atoms with van der Waals surface area (Å²) in [6, 6.07) is 19.0. The third kappa shape index (κ3) is 2.81. The van der Waals surface area contributed by atoms with E-state index in [1.165, 1.54) is 0 Å².